The molecule has 160 valence electrons. The Kier molecular flexibility index (Phi) is 5.49. The molecule has 1 saturated heterocycles. The molecule has 2 aromatic carbocycles. The lowest BCUT2D eigenvalue weighted by molar-refractivity contribution is -0.131. The number of amides is 1. The number of aryl methyl sites for hydroxylation is 1. The summed E-state index contributed by atoms with van der Waals surface area (Å²) in [4.78, 5) is 14.4. The van der Waals surface area contributed by atoms with Crippen LogP contribution in [0.2, 0.25) is 10.0 Å². The van der Waals surface area contributed by atoms with Gasteiger partial charge in [-0.3, -0.25) is 4.79 Å². The number of carbonyl (C=O) groups is 1. The summed E-state index contributed by atoms with van der Waals surface area (Å²) in [6.45, 7) is 4.52. The number of carbonyl (C=O) groups excluding carboxylic acids is 1. The maximum Gasteiger partial charge on any atom is 0.225 e. The number of likely N-dealkylation sites (tertiary alicyclic amines) is 1. The van der Waals surface area contributed by atoms with Crippen LogP contribution in [0.15, 0.2) is 42.5 Å². The van der Waals surface area contributed by atoms with Crippen LogP contribution in [0, 0.1) is 18.8 Å². The summed E-state index contributed by atoms with van der Waals surface area (Å²) >= 11 is 12.4. The van der Waals surface area contributed by atoms with Gasteiger partial charge in [0.25, 0.3) is 0 Å². The van der Waals surface area contributed by atoms with Gasteiger partial charge in [-0.05, 0) is 49.8 Å². The highest BCUT2D eigenvalue weighted by molar-refractivity contribution is 6.36. The van der Waals surface area contributed by atoms with Crippen molar-refractivity contribution in [3.8, 4) is 22.5 Å². The van der Waals surface area contributed by atoms with Gasteiger partial charge in [0.05, 0.1) is 0 Å². The van der Waals surface area contributed by atoms with Gasteiger partial charge in [-0.2, -0.15) is 0 Å². The Hall–Kier alpha value is -2.37. The average molecular weight is 455 g/mol. The van der Waals surface area contributed by atoms with E-state index >= 15 is 0 Å². The van der Waals surface area contributed by atoms with Crippen molar-refractivity contribution in [3.05, 3.63) is 58.3 Å². The van der Waals surface area contributed by atoms with E-state index < -0.39 is 0 Å². The zero-order chi connectivity index (χ0) is 21.5. The smallest absolute Gasteiger partial charge is 0.225 e. The Morgan fingerprint density at radius 1 is 1.03 bits per heavy atom. The molecule has 0 bridgehead atoms. The number of halogens is 2. The van der Waals surface area contributed by atoms with E-state index in [2.05, 4.69) is 26.9 Å². The average Bonchev–Trinajstić information content (AvgIpc) is 3.41. The molecule has 1 unspecified atom stereocenters. The lowest BCUT2D eigenvalue weighted by atomic mass is 10.0. The van der Waals surface area contributed by atoms with Crippen LogP contribution in [0.4, 0.5) is 0 Å². The molecule has 2 heterocycles. The topological polar surface area (TPSA) is 51.0 Å². The lowest BCUT2D eigenvalue weighted by Gasteiger charge is -2.17. The third kappa shape index (κ3) is 4.21. The molecule has 7 heteroatoms. The van der Waals surface area contributed by atoms with Crippen molar-refractivity contribution in [2.75, 3.05) is 13.1 Å². The number of aromatic nitrogens is 3. The highest BCUT2D eigenvalue weighted by atomic mass is 35.5. The van der Waals surface area contributed by atoms with E-state index in [1.165, 1.54) is 0 Å². The second-order valence-corrected chi connectivity index (χ2v) is 9.44. The van der Waals surface area contributed by atoms with Crippen LogP contribution in [-0.4, -0.2) is 38.7 Å². The van der Waals surface area contributed by atoms with E-state index in [-0.39, 0.29) is 0 Å². The minimum atomic E-state index is 0.290. The van der Waals surface area contributed by atoms with Crippen molar-refractivity contribution in [1.82, 2.24) is 19.7 Å². The van der Waals surface area contributed by atoms with Gasteiger partial charge in [0.1, 0.15) is 5.82 Å². The zero-order valence-electron chi connectivity index (χ0n) is 17.4. The molecule has 3 aromatic rings. The van der Waals surface area contributed by atoms with E-state index in [0.717, 1.165) is 67.2 Å². The summed E-state index contributed by atoms with van der Waals surface area (Å²) < 4.78 is 2.18. The van der Waals surface area contributed by atoms with Crippen LogP contribution in [-0.2, 0) is 11.3 Å². The van der Waals surface area contributed by atoms with Gasteiger partial charge < -0.3 is 9.47 Å². The van der Waals surface area contributed by atoms with Crippen LogP contribution in [0.25, 0.3) is 22.5 Å². The molecule has 5 nitrogen and oxygen atoms in total. The quantitative estimate of drug-likeness (QED) is 0.512. The fourth-order valence-corrected chi connectivity index (χ4v) is 4.88. The molecule has 0 radical (unpaired) electrons. The first kappa shape index (κ1) is 20.5. The fourth-order valence-electron chi connectivity index (χ4n) is 4.36. The highest BCUT2D eigenvalue weighted by Crippen LogP contribution is 2.34. The van der Waals surface area contributed by atoms with Crippen LogP contribution in [0.1, 0.15) is 25.1 Å². The monoisotopic (exact) mass is 454 g/mol. The van der Waals surface area contributed by atoms with Gasteiger partial charge in [-0.1, -0.05) is 53.5 Å². The molecular weight excluding hydrogens is 431 g/mol. The molecule has 1 aromatic heterocycles. The van der Waals surface area contributed by atoms with Gasteiger partial charge >= 0.3 is 0 Å². The normalized spacial score (nSPS) is 18.5. The molecule has 1 atom stereocenters. The lowest BCUT2D eigenvalue weighted by Crippen LogP contribution is -2.30. The Labute approximate surface area is 192 Å². The van der Waals surface area contributed by atoms with Crippen molar-refractivity contribution in [1.29, 1.82) is 0 Å². The van der Waals surface area contributed by atoms with E-state index in [1.54, 1.807) is 6.07 Å². The Balaban J connectivity index is 1.34. The van der Waals surface area contributed by atoms with Crippen molar-refractivity contribution in [3.63, 3.8) is 0 Å². The summed E-state index contributed by atoms with van der Waals surface area (Å²) in [7, 11) is 0. The molecule has 2 aliphatic rings. The second-order valence-electron chi connectivity index (χ2n) is 8.60. The first-order chi connectivity index (χ1) is 15.0. The van der Waals surface area contributed by atoms with Crippen molar-refractivity contribution >= 4 is 29.1 Å². The molecule has 0 N–H and O–H groups in total. The van der Waals surface area contributed by atoms with Gasteiger partial charge in [-0.15, -0.1) is 10.2 Å². The standard InChI is InChI=1S/C24H24Cl2N4O/c1-15-27-28-23(30(15)14-16-10-11-29(13-16)24(31)19-6-7-19)18-4-2-17(3-5-18)21-9-8-20(25)12-22(21)26/h2-5,8-9,12,16,19H,6-7,10-11,13-14H2,1H3. The molecule has 1 aliphatic heterocycles. The second kappa shape index (κ2) is 8.29. The van der Waals surface area contributed by atoms with E-state index in [1.807, 2.05) is 36.1 Å². The number of benzene rings is 2. The summed E-state index contributed by atoms with van der Waals surface area (Å²) in [6, 6.07) is 13.7. The fraction of sp³-hybridized carbons (Fsp3) is 0.375. The number of hydrogen-bond donors (Lipinski definition) is 0. The van der Waals surface area contributed by atoms with Crippen molar-refractivity contribution in [2.24, 2.45) is 11.8 Å². The molecule has 1 amide bonds. The largest absolute Gasteiger partial charge is 0.342 e. The van der Waals surface area contributed by atoms with Crippen molar-refractivity contribution < 1.29 is 4.79 Å². The van der Waals surface area contributed by atoms with E-state index in [4.69, 9.17) is 23.2 Å². The highest BCUT2D eigenvalue weighted by Gasteiger charge is 2.36. The molecule has 1 saturated carbocycles. The van der Waals surface area contributed by atoms with Crippen LogP contribution < -0.4 is 0 Å². The van der Waals surface area contributed by atoms with Crippen LogP contribution in [0.3, 0.4) is 0 Å². The van der Waals surface area contributed by atoms with Gasteiger partial charge in [0, 0.05) is 46.7 Å². The third-order valence-electron chi connectivity index (χ3n) is 6.29. The number of hydrogen-bond acceptors (Lipinski definition) is 3. The van der Waals surface area contributed by atoms with E-state index in [0.29, 0.717) is 27.8 Å². The summed E-state index contributed by atoms with van der Waals surface area (Å²) in [5, 5.41) is 10.0. The molecule has 1 aliphatic carbocycles. The van der Waals surface area contributed by atoms with Crippen LogP contribution >= 0.6 is 23.2 Å². The summed E-state index contributed by atoms with van der Waals surface area (Å²) in [6.07, 6.45) is 3.15. The number of nitrogens with zero attached hydrogens (tertiary/aromatic N) is 4. The van der Waals surface area contributed by atoms with Crippen LogP contribution in [0.5, 0.6) is 0 Å². The summed E-state index contributed by atoms with van der Waals surface area (Å²) in [5.41, 5.74) is 2.98. The molecule has 31 heavy (non-hydrogen) atoms. The van der Waals surface area contributed by atoms with Gasteiger partial charge in [0.2, 0.25) is 5.91 Å². The molecular formula is C24H24Cl2N4O. The van der Waals surface area contributed by atoms with Crippen molar-refractivity contribution in [2.45, 2.75) is 32.7 Å². The predicted molar refractivity (Wildman–Crippen MR) is 123 cm³/mol. The predicted octanol–water partition coefficient (Wildman–Crippen LogP) is 5.49. The van der Waals surface area contributed by atoms with E-state index in [9.17, 15) is 4.79 Å². The molecule has 0 spiro atoms. The minimum Gasteiger partial charge on any atom is -0.342 e. The third-order valence-corrected chi connectivity index (χ3v) is 6.83. The zero-order valence-corrected chi connectivity index (χ0v) is 18.9. The maximum atomic E-state index is 12.4. The minimum absolute atomic E-state index is 0.290. The Morgan fingerprint density at radius 3 is 2.48 bits per heavy atom. The molecule has 2 fully saturated rings. The SMILES string of the molecule is Cc1nnc(-c2ccc(-c3ccc(Cl)cc3Cl)cc2)n1CC1CCN(C(=O)C2CC2)C1. The Morgan fingerprint density at radius 2 is 1.77 bits per heavy atom. The number of rotatable bonds is 5. The van der Waals surface area contributed by atoms with Gasteiger partial charge in [-0.25, -0.2) is 0 Å². The first-order valence-corrected chi connectivity index (χ1v) is 11.5. The molecule has 5 rings (SSSR count). The maximum absolute atomic E-state index is 12.4. The summed E-state index contributed by atoms with van der Waals surface area (Å²) in [5.74, 6) is 2.83. The Bertz CT molecular complexity index is 1120. The first-order valence-electron chi connectivity index (χ1n) is 10.7. The van der Waals surface area contributed by atoms with Gasteiger partial charge in [0.15, 0.2) is 5.82 Å².